The molecule has 10 rings (SSSR count). The molecule has 54 heavy (non-hydrogen) atoms. The summed E-state index contributed by atoms with van der Waals surface area (Å²) in [5.41, 5.74) is 5.45. The number of phenolic OH excluding ortho intramolecular Hbond substituents is 1. The maximum absolute atomic E-state index is 13.2. The number of likely N-dealkylation sites (tertiary alicyclic amines) is 1. The van der Waals surface area contributed by atoms with Gasteiger partial charge in [-0.25, -0.2) is 0 Å². The molecule has 0 bridgehead atoms. The minimum atomic E-state index is -0.605. The number of carbonyl (C=O) groups excluding carboxylic acids is 3. The van der Waals surface area contributed by atoms with E-state index in [-0.39, 0.29) is 36.0 Å². The molecule has 5 fully saturated rings. The quantitative estimate of drug-likeness (QED) is 0.306. The Labute approximate surface area is 314 Å². The number of imide groups is 1. The Morgan fingerprint density at radius 3 is 2.67 bits per heavy atom. The lowest BCUT2D eigenvalue weighted by Gasteiger charge is -2.46. The largest absolute Gasteiger partial charge is 0.507 e. The fourth-order valence-corrected chi connectivity index (χ4v) is 10.4. The highest BCUT2D eigenvalue weighted by Crippen LogP contribution is 2.63. The van der Waals surface area contributed by atoms with Gasteiger partial charge in [-0.1, -0.05) is 19.1 Å². The van der Waals surface area contributed by atoms with Crippen molar-refractivity contribution in [3.63, 3.8) is 0 Å². The van der Waals surface area contributed by atoms with Crippen LogP contribution in [-0.2, 0) is 20.9 Å². The number of anilines is 3. The van der Waals surface area contributed by atoms with Gasteiger partial charge in [-0.15, -0.1) is 10.2 Å². The molecule has 7 heterocycles. The number of piperazine rings is 1. The second-order valence-corrected chi connectivity index (χ2v) is 16.6. The molecule has 6 atom stereocenters. The third kappa shape index (κ3) is 5.77. The minimum Gasteiger partial charge on any atom is -0.507 e. The maximum atomic E-state index is 13.2. The summed E-state index contributed by atoms with van der Waals surface area (Å²) in [6.45, 7) is 13.2. The number of carbonyl (C=O) groups is 3. The average Bonchev–Trinajstić information content (AvgIpc) is 3.39. The number of morpholine rings is 1. The number of rotatable bonds is 7. The van der Waals surface area contributed by atoms with Gasteiger partial charge in [0.15, 0.2) is 5.82 Å². The monoisotopic (exact) mass is 733 g/mol. The Balaban J connectivity index is 0.722. The first-order chi connectivity index (χ1) is 26.2. The number of nitrogens with one attached hydrogen (secondary N) is 2. The van der Waals surface area contributed by atoms with Gasteiger partial charge in [0.25, 0.3) is 5.91 Å². The van der Waals surface area contributed by atoms with Crippen LogP contribution in [0.2, 0.25) is 0 Å². The van der Waals surface area contributed by atoms with Crippen LogP contribution in [0, 0.1) is 17.3 Å². The number of aromatic hydroxyl groups is 1. The molecular formula is C40H47N9O5. The number of phenols is 1. The van der Waals surface area contributed by atoms with E-state index >= 15 is 0 Å². The fraction of sp³-hybridized carbons (Fsp3) is 0.525. The van der Waals surface area contributed by atoms with Gasteiger partial charge in [-0.3, -0.25) is 29.5 Å². The van der Waals surface area contributed by atoms with Crippen molar-refractivity contribution in [2.45, 2.75) is 44.5 Å². The van der Waals surface area contributed by atoms with Crippen molar-refractivity contribution in [3.8, 4) is 17.0 Å². The zero-order valence-electron chi connectivity index (χ0n) is 30.6. The van der Waals surface area contributed by atoms with Gasteiger partial charge in [-0.05, 0) is 65.6 Å². The van der Waals surface area contributed by atoms with Crippen LogP contribution in [0.25, 0.3) is 11.3 Å². The SMILES string of the molecule is CC12CN(C[C@H]3CN(c4ccc5c(c4)CN(C4CCC(=O)NC4=O)C5=O)CCO3)C[C@H]1[C@@H]2CN1CCN2c3cc(-c4ccccc4O)nnc3NC[C@H]2C1. The predicted molar refractivity (Wildman–Crippen MR) is 201 cm³/mol. The number of piperidine rings is 2. The van der Waals surface area contributed by atoms with Crippen molar-refractivity contribution in [2.24, 2.45) is 17.3 Å². The topological polar surface area (TPSA) is 147 Å². The maximum Gasteiger partial charge on any atom is 0.255 e. The van der Waals surface area contributed by atoms with E-state index in [4.69, 9.17) is 4.74 Å². The second-order valence-electron chi connectivity index (χ2n) is 16.6. The number of fused-ring (bicyclic) bond motifs is 5. The number of amides is 3. The number of hydrogen-bond acceptors (Lipinski definition) is 12. The molecule has 2 aromatic carbocycles. The molecule has 1 saturated carbocycles. The van der Waals surface area contributed by atoms with Gasteiger partial charge >= 0.3 is 0 Å². The summed E-state index contributed by atoms with van der Waals surface area (Å²) in [6.07, 6.45) is 0.728. The van der Waals surface area contributed by atoms with Crippen LogP contribution in [-0.4, -0.2) is 138 Å². The minimum absolute atomic E-state index is 0.110. The van der Waals surface area contributed by atoms with E-state index in [9.17, 15) is 19.5 Å². The van der Waals surface area contributed by atoms with E-state index in [1.807, 2.05) is 30.3 Å². The molecule has 0 radical (unpaired) electrons. The highest BCUT2D eigenvalue weighted by atomic mass is 16.5. The Morgan fingerprint density at radius 2 is 1.83 bits per heavy atom. The van der Waals surface area contributed by atoms with E-state index in [1.165, 1.54) is 0 Å². The van der Waals surface area contributed by atoms with Gasteiger partial charge < -0.3 is 29.9 Å². The van der Waals surface area contributed by atoms with Crippen LogP contribution in [0.15, 0.2) is 48.5 Å². The summed E-state index contributed by atoms with van der Waals surface area (Å²) in [7, 11) is 0. The molecule has 1 aromatic heterocycles. The average molecular weight is 734 g/mol. The van der Waals surface area contributed by atoms with Crippen LogP contribution in [0.5, 0.6) is 5.75 Å². The summed E-state index contributed by atoms with van der Waals surface area (Å²) in [5.74, 6) is 1.65. The van der Waals surface area contributed by atoms with Crippen molar-refractivity contribution >= 4 is 34.9 Å². The van der Waals surface area contributed by atoms with Gasteiger partial charge in [0.05, 0.1) is 30.1 Å². The lowest BCUT2D eigenvalue weighted by atomic mass is 10.0. The second kappa shape index (κ2) is 12.9. The van der Waals surface area contributed by atoms with Crippen molar-refractivity contribution in [1.29, 1.82) is 0 Å². The molecule has 2 unspecified atom stereocenters. The number of hydrogen-bond donors (Lipinski definition) is 3. The molecule has 14 nitrogen and oxygen atoms in total. The lowest BCUT2D eigenvalue weighted by Crippen LogP contribution is -2.58. The summed E-state index contributed by atoms with van der Waals surface area (Å²) in [4.78, 5) is 49.1. The van der Waals surface area contributed by atoms with Crippen molar-refractivity contribution in [1.82, 2.24) is 30.2 Å². The Morgan fingerprint density at radius 1 is 0.944 bits per heavy atom. The van der Waals surface area contributed by atoms with Crippen molar-refractivity contribution in [2.75, 3.05) is 87.2 Å². The molecule has 282 valence electrons. The van der Waals surface area contributed by atoms with E-state index in [1.54, 1.807) is 11.0 Å². The Bertz CT molecular complexity index is 2030. The third-order valence-corrected chi connectivity index (χ3v) is 13.4. The first kappa shape index (κ1) is 33.8. The molecule has 3 amide bonds. The molecule has 3 aromatic rings. The third-order valence-electron chi connectivity index (χ3n) is 13.4. The zero-order valence-corrected chi connectivity index (χ0v) is 30.6. The lowest BCUT2D eigenvalue weighted by molar-refractivity contribution is -0.136. The molecule has 6 aliphatic heterocycles. The normalized spacial score (nSPS) is 30.7. The molecule has 1 aliphatic carbocycles. The van der Waals surface area contributed by atoms with Crippen LogP contribution < -0.4 is 20.4 Å². The standard InChI is InChI=1S/C40H47N9O5/c1-40-23-46(19-27-20-47(12-13-54-27)25-6-7-28-24(14-25)17-49(39(28)53)33-8-9-36(51)42-38(33)52)22-31(40)30(40)21-45-10-11-48-26(18-45)16-41-37-34(48)15-32(43-44-37)29-4-2-3-5-35(29)50/h2-7,14-15,26-27,30-31,33,50H,8-13,16-23H2,1H3,(H,41,44)(H,42,51,52)/t26-,27-,30-,31-,33?,40?/m0/s1. The molecule has 3 N–H and O–H groups in total. The number of para-hydroxylation sites is 1. The Kier molecular flexibility index (Phi) is 8.07. The molecule has 14 heteroatoms. The van der Waals surface area contributed by atoms with Gasteiger partial charge in [0.1, 0.15) is 11.8 Å². The number of nitrogens with zero attached hydrogens (tertiary/aromatic N) is 7. The highest BCUT2D eigenvalue weighted by Gasteiger charge is 2.65. The van der Waals surface area contributed by atoms with Crippen molar-refractivity contribution in [3.05, 3.63) is 59.7 Å². The Hall–Kier alpha value is -4.79. The van der Waals surface area contributed by atoms with Gasteiger partial charge in [-0.2, -0.15) is 0 Å². The zero-order chi connectivity index (χ0) is 36.7. The van der Waals surface area contributed by atoms with Crippen LogP contribution >= 0.6 is 0 Å². The first-order valence-electron chi connectivity index (χ1n) is 19.5. The summed E-state index contributed by atoms with van der Waals surface area (Å²) >= 11 is 0. The summed E-state index contributed by atoms with van der Waals surface area (Å²) < 4.78 is 6.31. The number of ether oxygens (including phenoxy) is 1. The van der Waals surface area contributed by atoms with Crippen LogP contribution in [0.4, 0.5) is 17.2 Å². The predicted octanol–water partition coefficient (Wildman–Crippen LogP) is 2.00. The molecular weight excluding hydrogens is 686 g/mol. The molecule has 4 saturated heterocycles. The van der Waals surface area contributed by atoms with Gasteiger partial charge in [0.2, 0.25) is 11.8 Å². The summed E-state index contributed by atoms with van der Waals surface area (Å²) in [6, 6.07) is 15.1. The van der Waals surface area contributed by atoms with Crippen molar-refractivity contribution < 1.29 is 24.2 Å². The molecule has 0 spiro atoms. The highest BCUT2D eigenvalue weighted by molar-refractivity contribution is 6.05. The van der Waals surface area contributed by atoms with Gasteiger partial charge in [0, 0.05) is 95.2 Å². The number of benzene rings is 2. The van der Waals surface area contributed by atoms with E-state index < -0.39 is 6.04 Å². The first-order valence-corrected chi connectivity index (χ1v) is 19.5. The van der Waals surface area contributed by atoms with Crippen LogP contribution in [0.1, 0.15) is 35.7 Å². The fourth-order valence-electron chi connectivity index (χ4n) is 10.4. The van der Waals surface area contributed by atoms with E-state index in [2.05, 4.69) is 59.5 Å². The number of aromatic nitrogens is 2. The van der Waals surface area contributed by atoms with E-state index in [0.717, 1.165) is 88.2 Å². The smallest absolute Gasteiger partial charge is 0.255 e. The molecule has 7 aliphatic rings. The van der Waals surface area contributed by atoms with Crippen LogP contribution in [0.3, 0.4) is 0 Å². The summed E-state index contributed by atoms with van der Waals surface area (Å²) in [5, 5.41) is 25.2. The van der Waals surface area contributed by atoms with E-state index in [0.29, 0.717) is 59.7 Å².